The largest absolute Gasteiger partial charge is 0.404 e. The van der Waals surface area contributed by atoms with Crippen LogP contribution in [0.2, 0.25) is 0 Å². The van der Waals surface area contributed by atoms with Gasteiger partial charge in [0.1, 0.15) is 0 Å². The number of allylic oxidation sites excluding steroid dienone is 1. The molecule has 0 saturated heterocycles. The first-order valence-electron chi connectivity index (χ1n) is 11.2. The van der Waals surface area contributed by atoms with E-state index in [0.717, 1.165) is 68.7 Å². The van der Waals surface area contributed by atoms with Gasteiger partial charge in [0, 0.05) is 57.8 Å². The lowest BCUT2D eigenvalue weighted by Gasteiger charge is -2.29. The molecule has 0 radical (unpaired) electrons. The molecule has 0 unspecified atom stereocenters. The molecule has 0 saturated carbocycles. The van der Waals surface area contributed by atoms with Gasteiger partial charge in [0.2, 0.25) is 5.91 Å². The molecule has 0 aromatic heterocycles. The molecule has 0 bridgehead atoms. The summed E-state index contributed by atoms with van der Waals surface area (Å²) in [7, 11) is 1.73. The second-order valence-electron chi connectivity index (χ2n) is 8.45. The highest BCUT2D eigenvalue weighted by Gasteiger charge is 2.22. The molecule has 31 heavy (non-hydrogen) atoms. The predicted molar refractivity (Wildman–Crippen MR) is 127 cm³/mol. The smallest absolute Gasteiger partial charge is 0.227 e. The van der Waals surface area contributed by atoms with E-state index in [4.69, 9.17) is 5.73 Å². The number of benzene rings is 2. The van der Waals surface area contributed by atoms with Crippen LogP contribution in [0.3, 0.4) is 0 Å². The Bertz CT molecular complexity index is 995. The Morgan fingerprint density at radius 2 is 1.81 bits per heavy atom. The van der Waals surface area contributed by atoms with Gasteiger partial charge >= 0.3 is 0 Å². The van der Waals surface area contributed by atoms with E-state index in [9.17, 15) is 4.79 Å². The fourth-order valence-corrected chi connectivity index (χ4v) is 4.69. The summed E-state index contributed by atoms with van der Waals surface area (Å²) in [6, 6.07) is 15.1. The van der Waals surface area contributed by atoms with Crippen LogP contribution < -0.4 is 5.73 Å². The second kappa shape index (κ2) is 9.92. The lowest BCUT2D eigenvalue weighted by Crippen LogP contribution is -2.36. The van der Waals surface area contributed by atoms with E-state index in [1.54, 1.807) is 19.5 Å². The Kier molecular flexibility index (Phi) is 6.82. The molecular formula is C26H32N4O. The predicted octanol–water partition coefficient (Wildman–Crippen LogP) is 3.06. The summed E-state index contributed by atoms with van der Waals surface area (Å²) < 4.78 is 0. The number of carbonyl (C=O) groups is 1. The highest BCUT2D eigenvalue weighted by molar-refractivity contribution is 6.09. The molecule has 5 nitrogen and oxygen atoms in total. The molecule has 2 heterocycles. The van der Waals surface area contributed by atoms with E-state index in [0.29, 0.717) is 6.42 Å². The van der Waals surface area contributed by atoms with Crippen LogP contribution in [-0.4, -0.2) is 55.1 Å². The van der Waals surface area contributed by atoms with Crippen molar-refractivity contribution in [1.29, 1.82) is 0 Å². The second-order valence-corrected chi connectivity index (χ2v) is 8.45. The highest BCUT2D eigenvalue weighted by atomic mass is 16.2. The average Bonchev–Trinajstić information content (AvgIpc) is 2.95. The number of hydrogen-bond donors (Lipinski definition) is 1. The third-order valence-corrected chi connectivity index (χ3v) is 6.44. The van der Waals surface area contributed by atoms with Crippen LogP contribution in [0.5, 0.6) is 0 Å². The van der Waals surface area contributed by atoms with E-state index < -0.39 is 0 Å². The number of aliphatic imine (C=N–C) groups is 1. The molecule has 1 amide bonds. The minimum absolute atomic E-state index is 0.224. The van der Waals surface area contributed by atoms with Crippen molar-refractivity contribution in [2.45, 2.75) is 32.2 Å². The summed E-state index contributed by atoms with van der Waals surface area (Å²) in [6.07, 6.45) is 6.83. The van der Waals surface area contributed by atoms with Gasteiger partial charge in [0.25, 0.3) is 0 Å². The normalized spacial score (nSPS) is 17.5. The Morgan fingerprint density at radius 1 is 1.03 bits per heavy atom. The zero-order valence-electron chi connectivity index (χ0n) is 18.4. The summed E-state index contributed by atoms with van der Waals surface area (Å²) in [6.45, 7) is 4.79. The lowest BCUT2D eigenvalue weighted by atomic mass is 9.97. The van der Waals surface area contributed by atoms with Crippen molar-refractivity contribution in [3.63, 3.8) is 0 Å². The van der Waals surface area contributed by atoms with Crippen LogP contribution in [0, 0.1) is 0 Å². The van der Waals surface area contributed by atoms with E-state index >= 15 is 0 Å². The van der Waals surface area contributed by atoms with Crippen molar-refractivity contribution in [3.05, 3.63) is 76.5 Å². The van der Waals surface area contributed by atoms with Crippen molar-refractivity contribution in [2.24, 2.45) is 10.7 Å². The van der Waals surface area contributed by atoms with Gasteiger partial charge in [-0.05, 0) is 47.1 Å². The van der Waals surface area contributed by atoms with Gasteiger partial charge in [0.05, 0.1) is 6.42 Å². The van der Waals surface area contributed by atoms with E-state index in [-0.39, 0.29) is 5.91 Å². The molecule has 162 valence electrons. The Morgan fingerprint density at radius 3 is 2.61 bits per heavy atom. The highest BCUT2D eigenvalue weighted by Crippen LogP contribution is 2.23. The van der Waals surface area contributed by atoms with Crippen LogP contribution in [0.1, 0.15) is 34.2 Å². The molecule has 2 aliphatic rings. The van der Waals surface area contributed by atoms with E-state index in [1.807, 2.05) is 4.90 Å². The summed E-state index contributed by atoms with van der Waals surface area (Å²) in [5.41, 5.74) is 13.0. The molecule has 2 aromatic carbocycles. The zero-order chi connectivity index (χ0) is 21.6. The third kappa shape index (κ3) is 5.05. The van der Waals surface area contributed by atoms with Gasteiger partial charge in [0.15, 0.2) is 0 Å². The molecule has 0 aliphatic carbocycles. The Labute approximate surface area is 185 Å². The summed E-state index contributed by atoms with van der Waals surface area (Å²) in [5.74, 6) is 0.224. The van der Waals surface area contributed by atoms with Crippen LogP contribution >= 0.6 is 0 Å². The van der Waals surface area contributed by atoms with Crippen molar-refractivity contribution in [1.82, 2.24) is 9.80 Å². The quantitative estimate of drug-likeness (QED) is 0.736. The molecule has 0 spiro atoms. The maximum absolute atomic E-state index is 12.9. The van der Waals surface area contributed by atoms with Gasteiger partial charge in [-0.25, -0.2) is 0 Å². The van der Waals surface area contributed by atoms with Crippen molar-refractivity contribution >= 4 is 17.7 Å². The number of nitrogens with two attached hydrogens (primary N) is 1. The maximum atomic E-state index is 12.9. The molecule has 2 aliphatic heterocycles. The van der Waals surface area contributed by atoms with Crippen LogP contribution in [0.25, 0.3) is 5.57 Å². The summed E-state index contributed by atoms with van der Waals surface area (Å²) in [5, 5.41) is 0. The van der Waals surface area contributed by atoms with Gasteiger partial charge in [-0.3, -0.25) is 14.7 Å². The third-order valence-electron chi connectivity index (χ3n) is 6.44. The molecule has 5 heteroatoms. The zero-order valence-corrected chi connectivity index (χ0v) is 18.4. The van der Waals surface area contributed by atoms with Gasteiger partial charge in [-0.1, -0.05) is 42.5 Å². The van der Waals surface area contributed by atoms with Crippen molar-refractivity contribution in [2.75, 3.05) is 33.2 Å². The number of nitrogens with zero attached hydrogens (tertiary/aromatic N) is 3. The molecular weight excluding hydrogens is 384 g/mol. The number of amides is 1. The Balaban J connectivity index is 1.33. The molecule has 4 rings (SSSR count). The number of fused-ring (bicyclic) bond motifs is 2. The standard InChI is InChI=1S/C26H32N4O/c1-28-18-25(17-27)22-8-7-21-10-14-30(26(31)16-24(21)15-22)12-4-11-29-13-9-20-5-2-3-6-23(20)19-29/h2-3,5-8,15,17-18H,4,9-14,16,19,27H2,1H3. The molecule has 2 N–H and O–H groups in total. The number of carbonyl (C=O) groups excluding carboxylic acids is 1. The topological polar surface area (TPSA) is 61.9 Å². The van der Waals surface area contributed by atoms with Crippen LogP contribution in [-0.2, 0) is 30.6 Å². The SMILES string of the molecule is CN=CC(=CN)c1ccc2c(c1)CC(=O)N(CCCN1CCc3ccccc3C1)CC2. The minimum Gasteiger partial charge on any atom is -0.404 e. The molecule has 0 atom stereocenters. The number of rotatable bonds is 6. The van der Waals surface area contributed by atoms with Crippen LogP contribution in [0.4, 0.5) is 0 Å². The summed E-state index contributed by atoms with van der Waals surface area (Å²) in [4.78, 5) is 21.6. The number of hydrogen-bond acceptors (Lipinski definition) is 4. The molecule has 2 aromatic rings. The fourth-order valence-electron chi connectivity index (χ4n) is 4.69. The molecule has 0 fully saturated rings. The van der Waals surface area contributed by atoms with Gasteiger partial charge in [-0.2, -0.15) is 0 Å². The monoisotopic (exact) mass is 416 g/mol. The fraction of sp³-hybridized carbons (Fsp3) is 0.385. The van der Waals surface area contributed by atoms with Gasteiger partial charge < -0.3 is 10.6 Å². The Hall–Kier alpha value is -2.92. The first-order valence-corrected chi connectivity index (χ1v) is 11.2. The van der Waals surface area contributed by atoms with E-state index in [2.05, 4.69) is 52.4 Å². The lowest BCUT2D eigenvalue weighted by molar-refractivity contribution is -0.130. The van der Waals surface area contributed by atoms with Crippen molar-refractivity contribution in [3.8, 4) is 0 Å². The van der Waals surface area contributed by atoms with Crippen molar-refractivity contribution < 1.29 is 4.79 Å². The average molecular weight is 417 g/mol. The minimum atomic E-state index is 0.224. The van der Waals surface area contributed by atoms with E-state index in [1.165, 1.54) is 16.7 Å². The van der Waals surface area contributed by atoms with Gasteiger partial charge in [-0.15, -0.1) is 0 Å². The maximum Gasteiger partial charge on any atom is 0.227 e. The summed E-state index contributed by atoms with van der Waals surface area (Å²) >= 11 is 0. The van der Waals surface area contributed by atoms with Crippen LogP contribution in [0.15, 0.2) is 53.7 Å². The first kappa shape index (κ1) is 21.3. The first-order chi connectivity index (χ1) is 15.2.